The van der Waals surface area contributed by atoms with Crippen molar-refractivity contribution in [2.45, 2.75) is 26.2 Å². The van der Waals surface area contributed by atoms with Crippen molar-refractivity contribution >= 4 is 32.8 Å². The van der Waals surface area contributed by atoms with Gasteiger partial charge in [0.05, 0.1) is 22.4 Å². The molecule has 0 N–H and O–H groups in total. The monoisotopic (exact) mass is 1010 g/mol. The van der Waals surface area contributed by atoms with Crippen molar-refractivity contribution < 1.29 is 30.4 Å². The van der Waals surface area contributed by atoms with E-state index >= 15 is 0 Å². The zero-order chi connectivity index (χ0) is 42.5. The Balaban J connectivity index is 0.00000484. The zero-order valence-corrected chi connectivity index (χ0v) is 37.8. The van der Waals surface area contributed by atoms with Crippen molar-refractivity contribution in [3.63, 3.8) is 0 Å². The number of fused-ring (bicyclic) bond motifs is 4. The van der Waals surface area contributed by atoms with Gasteiger partial charge >= 0.3 is 0 Å². The molecule has 3 aromatic heterocycles. The van der Waals surface area contributed by atoms with Crippen molar-refractivity contribution in [2.24, 2.45) is 0 Å². The van der Waals surface area contributed by atoms with Gasteiger partial charge in [-0.2, -0.15) is 18.2 Å². The fraction of sp³-hybridized carbons (Fsp3) is 0.0690. The molecular formula is C58H42N4OPt-2. The number of para-hydroxylation sites is 3. The number of pyridine rings is 1. The normalized spacial score (nSPS) is 11.5. The van der Waals surface area contributed by atoms with Crippen LogP contribution in [-0.2, 0) is 26.5 Å². The van der Waals surface area contributed by atoms with E-state index in [0.29, 0.717) is 11.5 Å². The summed E-state index contributed by atoms with van der Waals surface area (Å²) in [6.45, 7) is 6.75. The topological polar surface area (TPSA) is 35.9 Å². The molecule has 0 aliphatic rings. The number of hydrogen-bond acceptors (Lipinski definition) is 2. The summed E-state index contributed by atoms with van der Waals surface area (Å²) in [6.07, 6.45) is 3.66. The Morgan fingerprint density at radius 2 is 1.20 bits per heavy atom. The van der Waals surface area contributed by atoms with E-state index in [1.807, 2.05) is 36.4 Å². The van der Waals surface area contributed by atoms with Gasteiger partial charge in [0.15, 0.2) is 0 Å². The average molecular weight is 1010 g/mol. The van der Waals surface area contributed by atoms with Gasteiger partial charge < -0.3 is 13.9 Å². The average Bonchev–Trinajstić information content (AvgIpc) is 3.88. The van der Waals surface area contributed by atoms with E-state index in [9.17, 15) is 0 Å². The maximum atomic E-state index is 6.70. The minimum atomic E-state index is -0.119. The van der Waals surface area contributed by atoms with Crippen molar-refractivity contribution in [3.05, 3.63) is 224 Å². The van der Waals surface area contributed by atoms with E-state index in [2.05, 4.69) is 217 Å². The number of hydrogen-bond donors (Lipinski definition) is 0. The van der Waals surface area contributed by atoms with E-state index in [1.54, 1.807) is 0 Å². The van der Waals surface area contributed by atoms with Gasteiger partial charge in [0.25, 0.3) is 6.33 Å². The van der Waals surface area contributed by atoms with Crippen LogP contribution in [0.4, 0.5) is 0 Å². The summed E-state index contributed by atoms with van der Waals surface area (Å²) in [5, 5.41) is 2.18. The van der Waals surface area contributed by atoms with Gasteiger partial charge in [-0.1, -0.05) is 172 Å². The summed E-state index contributed by atoms with van der Waals surface area (Å²) in [7, 11) is 0. The van der Waals surface area contributed by atoms with Crippen LogP contribution in [0.2, 0.25) is 0 Å². The van der Waals surface area contributed by atoms with Crippen LogP contribution in [0.3, 0.4) is 0 Å². The third-order valence-corrected chi connectivity index (χ3v) is 11.7. The van der Waals surface area contributed by atoms with E-state index in [0.717, 1.165) is 83.5 Å². The fourth-order valence-corrected chi connectivity index (χ4v) is 8.55. The molecule has 64 heavy (non-hydrogen) atoms. The Morgan fingerprint density at radius 3 is 1.97 bits per heavy atom. The summed E-state index contributed by atoms with van der Waals surface area (Å²) in [5.74, 6) is 1.97. The molecule has 0 saturated carbocycles. The molecule has 0 aliphatic heterocycles. The number of benzene rings is 8. The molecule has 6 heteroatoms. The van der Waals surface area contributed by atoms with Gasteiger partial charge in [0.2, 0.25) is 0 Å². The van der Waals surface area contributed by atoms with E-state index in [4.69, 9.17) is 9.72 Å². The Labute approximate surface area is 387 Å². The van der Waals surface area contributed by atoms with Crippen LogP contribution in [0, 0.1) is 18.5 Å². The van der Waals surface area contributed by atoms with Gasteiger partial charge in [0.1, 0.15) is 5.82 Å². The number of imidazole rings is 1. The molecule has 11 rings (SSSR count). The largest absolute Gasteiger partial charge is 0.510 e. The molecule has 0 radical (unpaired) electrons. The summed E-state index contributed by atoms with van der Waals surface area (Å²) in [4.78, 5) is 5.36. The second-order valence-corrected chi connectivity index (χ2v) is 16.9. The van der Waals surface area contributed by atoms with Crippen LogP contribution >= 0.6 is 0 Å². The molecule has 3 heterocycles. The van der Waals surface area contributed by atoms with Crippen LogP contribution in [0.25, 0.3) is 83.5 Å². The summed E-state index contributed by atoms with van der Waals surface area (Å²) in [5.41, 5.74) is 13.4. The van der Waals surface area contributed by atoms with Crippen LogP contribution < -0.4 is 9.30 Å². The maximum Gasteiger partial charge on any atom is 0.268 e. The van der Waals surface area contributed by atoms with Crippen LogP contribution in [0.5, 0.6) is 11.5 Å². The molecule has 312 valence electrons. The van der Waals surface area contributed by atoms with E-state index < -0.39 is 0 Å². The first kappa shape index (κ1) is 40.7. The molecule has 0 unspecified atom stereocenters. The Bertz CT molecular complexity index is 3460. The molecule has 0 spiro atoms. The van der Waals surface area contributed by atoms with Gasteiger partial charge in [-0.15, -0.1) is 29.7 Å². The second kappa shape index (κ2) is 16.7. The first-order chi connectivity index (χ1) is 30.9. The zero-order valence-electron chi connectivity index (χ0n) is 35.6. The SMILES string of the molecule is CC(C)(C)c1cc(-c2ccccc2)nc(-n2c3[c-]c(Oc4[c-]c(-n5[c-][n+](-c6ccccc6-c6ccccc6)c6ccccc65)ccc4)ccc3c3cc(-c4ccccc4)ccc32)c1.[Pt]. The van der Waals surface area contributed by atoms with Gasteiger partial charge in [-0.3, -0.25) is 4.57 Å². The molecule has 11 aromatic rings. The number of rotatable bonds is 8. The Hall–Kier alpha value is -7.33. The van der Waals surface area contributed by atoms with Crippen LogP contribution in [-0.4, -0.2) is 14.1 Å². The van der Waals surface area contributed by atoms with Crippen LogP contribution in [0.1, 0.15) is 26.3 Å². The first-order valence-corrected chi connectivity index (χ1v) is 21.3. The van der Waals surface area contributed by atoms with Gasteiger partial charge in [0, 0.05) is 43.6 Å². The third-order valence-electron chi connectivity index (χ3n) is 11.7. The molecular weight excluding hydrogens is 964 g/mol. The summed E-state index contributed by atoms with van der Waals surface area (Å²) in [6, 6.07) is 76.8. The first-order valence-electron chi connectivity index (χ1n) is 21.3. The number of ether oxygens (including phenoxy) is 1. The summed E-state index contributed by atoms with van der Waals surface area (Å²) < 4.78 is 13.1. The summed E-state index contributed by atoms with van der Waals surface area (Å²) >= 11 is 0. The minimum Gasteiger partial charge on any atom is -0.510 e. The Morgan fingerprint density at radius 1 is 0.531 bits per heavy atom. The molecule has 8 aromatic carbocycles. The van der Waals surface area contributed by atoms with E-state index in [-0.39, 0.29) is 26.5 Å². The fourth-order valence-electron chi connectivity index (χ4n) is 8.55. The molecule has 0 fully saturated rings. The molecule has 0 amide bonds. The third kappa shape index (κ3) is 7.52. The maximum absolute atomic E-state index is 6.70. The quantitative estimate of drug-likeness (QED) is 0.112. The van der Waals surface area contributed by atoms with Gasteiger partial charge in [-0.25, -0.2) is 4.98 Å². The van der Waals surface area contributed by atoms with Crippen molar-refractivity contribution in [3.8, 4) is 62.2 Å². The predicted molar refractivity (Wildman–Crippen MR) is 255 cm³/mol. The van der Waals surface area contributed by atoms with Crippen molar-refractivity contribution in [2.75, 3.05) is 0 Å². The van der Waals surface area contributed by atoms with Crippen molar-refractivity contribution in [1.82, 2.24) is 14.1 Å². The molecule has 0 bridgehead atoms. The molecule has 5 nitrogen and oxygen atoms in total. The molecule has 0 aliphatic carbocycles. The number of aromatic nitrogens is 4. The van der Waals surface area contributed by atoms with E-state index in [1.165, 1.54) is 5.56 Å². The smallest absolute Gasteiger partial charge is 0.268 e. The predicted octanol–water partition coefficient (Wildman–Crippen LogP) is 13.9. The standard InChI is InChI=1S/C58H42N4O.Pt/c1-58(2,3)44-35-51(42-22-11-6-12-23-42)59-57(36-44)62-53-33-30-43(40-18-7-4-8-19-40)34-50(53)49-32-31-47(38-56(49)62)63-46-25-17-24-45(37-46)60-39-61(55-29-16-15-28-54(55)60)52-27-14-13-26-48(52)41-20-9-5-10-21-41;/h4-36H,1-3H3;/q-2;. The molecule has 0 atom stereocenters. The second-order valence-electron chi connectivity index (χ2n) is 16.9. The Kier molecular flexibility index (Phi) is 10.7. The molecule has 0 saturated heterocycles. The minimum absolute atomic E-state index is 0. The number of nitrogens with zero attached hydrogens (tertiary/aromatic N) is 4. The van der Waals surface area contributed by atoms with Crippen LogP contribution in [0.15, 0.2) is 200 Å². The van der Waals surface area contributed by atoms with Crippen molar-refractivity contribution in [1.29, 1.82) is 0 Å². The van der Waals surface area contributed by atoms with Gasteiger partial charge in [-0.05, 0) is 68.6 Å².